The molecule has 0 saturated heterocycles. The van der Waals surface area contributed by atoms with Crippen LogP contribution in [0.1, 0.15) is 44.2 Å². The number of imide groups is 1. The summed E-state index contributed by atoms with van der Waals surface area (Å²) < 4.78 is 25.8. The minimum atomic E-state index is -3.85. The van der Waals surface area contributed by atoms with Crippen LogP contribution >= 0.6 is 7.60 Å². The monoisotopic (exact) mass is 489 g/mol. The molecule has 1 spiro atoms. The zero-order chi connectivity index (χ0) is 24.8. The van der Waals surface area contributed by atoms with Crippen molar-refractivity contribution in [3.63, 3.8) is 0 Å². The fraction of sp³-hybridized carbons (Fsp3) is 0.286. The van der Waals surface area contributed by atoms with E-state index in [1.54, 1.807) is 26.0 Å². The minimum absolute atomic E-state index is 0.163. The van der Waals surface area contributed by atoms with Crippen LogP contribution in [0, 0.1) is 0 Å². The lowest BCUT2D eigenvalue weighted by Gasteiger charge is -2.36. The van der Waals surface area contributed by atoms with E-state index in [2.05, 4.69) is 0 Å². The van der Waals surface area contributed by atoms with Crippen molar-refractivity contribution in [3.05, 3.63) is 89.2 Å². The molecule has 5 rings (SSSR count). The van der Waals surface area contributed by atoms with Crippen LogP contribution in [0.3, 0.4) is 0 Å². The Kier molecular flexibility index (Phi) is 6.00. The van der Waals surface area contributed by atoms with Gasteiger partial charge in [-0.1, -0.05) is 66.7 Å². The molecule has 3 aromatic rings. The maximum absolute atomic E-state index is 14.4. The van der Waals surface area contributed by atoms with Gasteiger partial charge in [0.05, 0.1) is 24.2 Å². The molecule has 1 aliphatic carbocycles. The largest absolute Gasteiger partial charge is 0.358 e. The first kappa shape index (κ1) is 23.7. The molecule has 1 heterocycles. The molecule has 6 nitrogen and oxygen atoms in total. The van der Waals surface area contributed by atoms with Crippen LogP contribution in [0.5, 0.6) is 0 Å². The normalized spacial score (nSPS) is 21.6. The van der Waals surface area contributed by atoms with Crippen LogP contribution < -0.4 is 4.90 Å². The molecule has 0 saturated carbocycles. The van der Waals surface area contributed by atoms with Gasteiger partial charge in [0.25, 0.3) is 0 Å². The van der Waals surface area contributed by atoms with Crippen molar-refractivity contribution in [1.82, 2.24) is 0 Å². The number of amides is 2. The van der Waals surface area contributed by atoms with Crippen LogP contribution in [0.2, 0.25) is 0 Å². The first-order valence-electron chi connectivity index (χ1n) is 11.9. The van der Waals surface area contributed by atoms with Gasteiger partial charge in [-0.25, -0.2) is 4.90 Å². The van der Waals surface area contributed by atoms with Crippen molar-refractivity contribution in [2.75, 3.05) is 18.1 Å². The summed E-state index contributed by atoms with van der Waals surface area (Å²) in [6, 6.07) is 21.3. The molecule has 0 N–H and O–H groups in total. The quantitative estimate of drug-likeness (QED) is 0.380. The second-order valence-electron chi connectivity index (χ2n) is 8.76. The van der Waals surface area contributed by atoms with Gasteiger partial charge in [-0.05, 0) is 48.2 Å². The third-order valence-corrected chi connectivity index (χ3v) is 9.31. The van der Waals surface area contributed by atoms with E-state index >= 15 is 0 Å². The number of fused-ring (bicyclic) bond motifs is 3. The number of hydrogen-bond donors (Lipinski definition) is 0. The first-order chi connectivity index (χ1) is 16.9. The van der Waals surface area contributed by atoms with Crippen molar-refractivity contribution >= 4 is 35.9 Å². The molecule has 180 valence electrons. The summed E-state index contributed by atoms with van der Waals surface area (Å²) in [5.41, 5.74) is 0.748. The highest BCUT2D eigenvalue weighted by molar-refractivity contribution is 7.58. The minimum Gasteiger partial charge on any atom is -0.306 e. The maximum Gasteiger partial charge on any atom is 0.358 e. The summed E-state index contributed by atoms with van der Waals surface area (Å²) in [6.45, 7) is 5.21. The molecule has 2 aliphatic rings. The van der Waals surface area contributed by atoms with Crippen molar-refractivity contribution in [2.45, 2.75) is 38.5 Å². The molecule has 1 aliphatic heterocycles. The molecule has 2 amide bonds. The Labute approximate surface area is 205 Å². The first-order valence-corrected chi connectivity index (χ1v) is 13.5. The van der Waals surface area contributed by atoms with Crippen LogP contribution in [-0.4, -0.2) is 25.0 Å². The van der Waals surface area contributed by atoms with Gasteiger partial charge in [0.1, 0.15) is 5.41 Å². The highest BCUT2D eigenvalue weighted by Crippen LogP contribution is 2.71. The average Bonchev–Trinajstić information content (AvgIpc) is 3.37. The zero-order valence-corrected chi connectivity index (χ0v) is 21.0. The van der Waals surface area contributed by atoms with Gasteiger partial charge in [0.15, 0.2) is 0 Å². The van der Waals surface area contributed by atoms with Crippen LogP contribution in [0.15, 0.2) is 78.1 Å². The van der Waals surface area contributed by atoms with Crippen molar-refractivity contribution in [3.8, 4) is 0 Å². The van der Waals surface area contributed by atoms with E-state index in [4.69, 9.17) is 9.05 Å². The van der Waals surface area contributed by atoms with Gasteiger partial charge in [-0.15, -0.1) is 0 Å². The Hall–Kier alpha value is -3.05. The summed E-state index contributed by atoms with van der Waals surface area (Å²) in [5.74, 6) is -1.19. The Morgan fingerprint density at radius 3 is 2.37 bits per heavy atom. The number of para-hydroxylation sites is 1. The molecule has 0 radical (unpaired) electrons. The Bertz CT molecular complexity index is 1400. The zero-order valence-electron chi connectivity index (χ0n) is 20.1. The SMILES string of the molecule is CCOP(=O)(OCC)C1=CC[C@H](c2cccc3ccccc23)[C@@]12C(=O)N(C(C)=O)c1ccccc12. The molecule has 0 bridgehead atoms. The predicted octanol–water partition coefficient (Wildman–Crippen LogP) is 6.31. The summed E-state index contributed by atoms with van der Waals surface area (Å²) in [6.07, 6.45) is 2.30. The molecule has 35 heavy (non-hydrogen) atoms. The fourth-order valence-corrected chi connectivity index (χ4v) is 7.97. The Morgan fingerprint density at radius 2 is 1.66 bits per heavy atom. The topological polar surface area (TPSA) is 72.9 Å². The van der Waals surface area contributed by atoms with Crippen molar-refractivity contribution in [1.29, 1.82) is 0 Å². The average molecular weight is 490 g/mol. The molecular weight excluding hydrogens is 461 g/mol. The van der Waals surface area contributed by atoms with Crippen molar-refractivity contribution in [2.24, 2.45) is 0 Å². The number of carbonyl (C=O) groups excluding carboxylic acids is 2. The van der Waals surface area contributed by atoms with E-state index in [9.17, 15) is 14.2 Å². The number of anilines is 1. The van der Waals surface area contributed by atoms with E-state index < -0.39 is 24.8 Å². The van der Waals surface area contributed by atoms with Crippen LogP contribution in [-0.2, 0) is 28.6 Å². The summed E-state index contributed by atoms with van der Waals surface area (Å²) in [4.78, 5) is 28.4. The third kappa shape index (κ3) is 3.35. The number of carbonyl (C=O) groups is 2. The second-order valence-corrected chi connectivity index (χ2v) is 10.8. The van der Waals surface area contributed by atoms with E-state index in [1.807, 2.05) is 60.7 Å². The fourth-order valence-electron chi connectivity index (χ4n) is 5.80. The highest BCUT2D eigenvalue weighted by Gasteiger charge is 2.65. The number of allylic oxidation sites excluding steroid dienone is 1. The van der Waals surface area contributed by atoms with Gasteiger partial charge in [0.2, 0.25) is 11.8 Å². The molecule has 7 heteroatoms. The number of rotatable bonds is 6. The standard InChI is InChI=1S/C28H28NO5P/c1-4-33-35(32,34-5-2)26-18-17-23(22-14-10-12-20-11-6-7-13-21(20)22)28(26)24-15-8-9-16-25(24)29(19(3)30)27(28)31/h6-16,18,23H,4-5,17H2,1-3H3/t23-,28+/m1/s1. The van der Waals surface area contributed by atoms with Crippen LogP contribution in [0.4, 0.5) is 5.69 Å². The third-order valence-electron chi connectivity index (χ3n) is 6.99. The lowest BCUT2D eigenvalue weighted by molar-refractivity contribution is -0.127. The molecule has 0 unspecified atom stereocenters. The van der Waals surface area contributed by atoms with E-state index in [0.29, 0.717) is 23.0 Å². The highest BCUT2D eigenvalue weighted by atomic mass is 31.2. The predicted molar refractivity (Wildman–Crippen MR) is 137 cm³/mol. The summed E-state index contributed by atoms with van der Waals surface area (Å²) in [7, 11) is -3.85. The van der Waals surface area contributed by atoms with E-state index in [0.717, 1.165) is 16.3 Å². The summed E-state index contributed by atoms with van der Waals surface area (Å²) >= 11 is 0. The van der Waals surface area contributed by atoms with E-state index in [1.165, 1.54) is 11.8 Å². The smallest absolute Gasteiger partial charge is 0.306 e. The molecule has 0 aromatic heterocycles. The van der Waals surface area contributed by atoms with E-state index in [-0.39, 0.29) is 19.1 Å². The molecule has 2 atom stereocenters. The number of benzene rings is 3. The molecule has 0 fully saturated rings. The summed E-state index contributed by atoms with van der Waals surface area (Å²) in [5, 5.41) is 2.39. The van der Waals surface area contributed by atoms with Crippen molar-refractivity contribution < 1.29 is 23.2 Å². The molecular formula is C28H28NO5P. The lowest BCUT2D eigenvalue weighted by Crippen LogP contribution is -2.45. The maximum atomic E-state index is 14.4. The number of hydrogen-bond acceptors (Lipinski definition) is 5. The van der Waals surface area contributed by atoms with Gasteiger partial charge in [-0.2, -0.15) is 0 Å². The Balaban J connectivity index is 1.84. The molecule has 3 aromatic carbocycles. The van der Waals surface area contributed by atoms with Gasteiger partial charge in [-0.3, -0.25) is 14.2 Å². The number of nitrogens with zero attached hydrogens (tertiary/aromatic N) is 1. The van der Waals surface area contributed by atoms with Gasteiger partial charge >= 0.3 is 7.60 Å². The Morgan fingerprint density at radius 1 is 1.00 bits per heavy atom. The second kappa shape index (κ2) is 8.87. The lowest BCUT2D eigenvalue weighted by atomic mass is 9.69. The van der Waals surface area contributed by atoms with Gasteiger partial charge < -0.3 is 9.05 Å². The van der Waals surface area contributed by atoms with Crippen LogP contribution in [0.25, 0.3) is 10.8 Å². The van der Waals surface area contributed by atoms with Gasteiger partial charge in [0, 0.05) is 12.8 Å².